The molecule has 0 saturated carbocycles. The van der Waals surface area contributed by atoms with Crippen LogP contribution in [0.15, 0.2) is 53.5 Å². The zero-order valence-corrected chi connectivity index (χ0v) is 14.6. The number of aryl methyl sites for hydroxylation is 1. The lowest BCUT2D eigenvalue weighted by Crippen LogP contribution is -2.24. The molecule has 1 heterocycles. The predicted octanol–water partition coefficient (Wildman–Crippen LogP) is 3.90. The normalized spacial score (nSPS) is 13.2. The van der Waals surface area contributed by atoms with Crippen LogP contribution in [0.3, 0.4) is 0 Å². The number of rotatable bonds is 3. The summed E-state index contributed by atoms with van der Waals surface area (Å²) in [5.74, 6) is -0.270. The maximum Gasteiger partial charge on any atom is 0.279 e. The highest BCUT2D eigenvalue weighted by Crippen LogP contribution is 2.21. The Labute approximate surface area is 144 Å². The van der Waals surface area contributed by atoms with Crippen molar-refractivity contribution in [1.82, 2.24) is 4.57 Å². The average molecular weight is 338 g/mol. The highest BCUT2D eigenvalue weighted by molar-refractivity contribution is 7.16. The zero-order chi connectivity index (χ0) is 17.3. The Bertz CT molecular complexity index is 981. The molecule has 0 aliphatic heterocycles. The van der Waals surface area contributed by atoms with E-state index in [2.05, 4.69) is 4.99 Å². The quantitative estimate of drug-likeness (QED) is 0.727. The van der Waals surface area contributed by atoms with Gasteiger partial charge in [-0.15, -0.1) is 0 Å². The van der Waals surface area contributed by atoms with Gasteiger partial charge in [0.15, 0.2) is 10.6 Å². The Kier molecular flexibility index (Phi) is 4.44. The molecule has 1 unspecified atom stereocenters. The van der Waals surface area contributed by atoms with E-state index in [0.29, 0.717) is 10.4 Å². The first-order chi connectivity index (χ1) is 11.5. The van der Waals surface area contributed by atoms with Crippen molar-refractivity contribution < 1.29 is 9.59 Å². The van der Waals surface area contributed by atoms with Gasteiger partial charge in [0.2, 0.25) is 0 Å². The summed E-state index contributed by atoms with van der Waals surface area (Å²) >= 11 is 1.42. The average Bonchev–Trinajstić information content (AvgIpc) is 2.92. The van der Waals surface area contributed by atoms with Crippen LogP contribution in [0.1, 0.15) is 35.8 Å². The Morgan fingerprint density at radius 2 is 1.75 bits per heavy atom. The molecule has 0 radical (unpaired) electrons. The summed E-state index contributed by atoms with van der Waals surface area (Å²) in [6, 6.07) is 14.7. The number of hydrogen-bond donors (Lipinski definition) is 0. The number of thiazole rings is 1. The van der Waals surface area contributed by atoms with Crippen molar-refractivity contribution in [2.75, 3.05) is 0 Å². The number of benzene rings is 2. The van der Waals surface area contributed by atoms with Gasteiger partial charge in [0.1, 0.15) is 0 Å². The number of hydrogen-bond acceptors (Lipinski definition) is 3. The molecule has 0 spiro atoms. The largest absolute Gasteiger partial charge is 0.306 e. The smallest absolute Gasteiger partial charge is 0.279 e. The minimum atomic E-state index is -0.370. The van der Waals surface area contributed by atoms with E-state index in [-0.39, 0.29) is 17.7 Å². The van der Waals surface area contributed by atoms with Crippen LogP contribution in [0.5, 0.6) is 0 Å². The number of carbonyl (C=O) groups is 2. The van der Waals surface area contributed by atoms with Crippen molar-refractivity contribution in [3.8, 4) is 0 Å². The van der Waals surface area contributed by atoms with Crippen LogP contribution in [0.2, 0.25) is 0 Å². The van der Waals surface area contributed by atoms with Crippen LogP contribution in [-0.4, -0.2) is 16.3 Å². The highest BCUT2D eigenvalue weighted by Gasteiger charge is 2.16. The van der Waals surface area contributed by atoms with Gasteiger partial charge in [0, 0.05) is 5.56 Å². The van der Waals surface area contributed by atoms with Gasteiger partial charge in [-0.05, 0) is 45.0 Å². The van der Waals surface area contributed by atoms with Gasteiger partial charge in [-0.3, -0.25) is 9.59 Å². The van der Waals surface area contributed by atoms with Crippen molar-refractivity contribution >= 4 is 33.2 Å². The summed E-state index contributed by atoms with van der Waals surface area (Å²) in [6.45, 7) is 5.35. The molecule has 24 heavy (non-hydrogen) atoms. The van der Waals surface area contributed by atoms with Crippen LogP contribution >= 0.6 is 11.3 Å². The van der Waals surface area contributed by atoms with Gasteiger partial charge in [-0.2, -0.15) is 4.99 Å². The maximum absolute atomic E-state index is 12.5. The number of para-hydroxylation sites is 1. The molecule has 0 N–H and O–H groups in total. The summed E-state index contributed by atoms with van der Waals surface area (Å²) < 4.78 is 2.84. The molecule has 5 heteroatoms. The molecular formula is C19H18N2O2S. The molecule has 3 aromatic rings. The fraction of sp³-hybridized carbons (Fsp3) is 0.211. The third-order valence-electron chi connectivity index (χ3n) is 4.00. The molecule has 1 aromatic heterocycles. The SMILES string of the molecule is CC(=O)C(C)n1c(=NC(=O)c2ccc(C)cc2)sc2ccccc21. The van der Waals surface area contributed by atoms with Gasteiger partial charge in [-0.25, -0.2) is 0 Å². The van der Waals surface area contributed by atoms with Crippen LogP contribution in [-0.2, 0) is 4.79 Å². The summed E-state index contributed by atoms with van der Waals surface area (Å²) in [7, 11) is 0. The summed E-state index contributed by atoms with van der Waals surface area (Å²) in [4.78, 5) is 29.2. The second-order valence-corrected chi connectivity index (χ2v) is 6.80. The monoisotopic (exact) mass is 338 g/mol. The van der Waals surface area contributed by atoms with Crippen molar-refractivity contribution in [2.45, 2.75) is 26.8 Å². The molecule has 0 aliphatic carbocycles. The molecule has 0 bridgehead atoms. The van der Waals surface area contributed by atoms with Gasteiger partial charge in [-0.1, -0.05) is 41.2 Å². The highest BCUT2D eigenvalue weighted by atomic mass is 32.1. The van der Waals surface area contributed by atoms with Crippen LogP contribution in [0.25, 0.3) is 10.2 Å². The third-order valence-corrected chi connectivity index (χ3v) is 5.04. The first-order valence-electron chi connectivity index (χ1n) is 7.73. The van der Waals surface area contributed by atoms with E-state index in [1.54, 1.807) is 19.1 Å². The number of aromatic nitrogens is 1. The molecule has 0 aliphatic rings. The van der Waals surface area contributed by atoms with Gasteiger partial charge in [0.05, 0.1) is 16.3 Å². The molecule has 1 amide bonds. The maximum atomic E-state index is 12.5. The van der Waals surface area contributed by atoms with E-state index in [1.165, 1.54) is 11.3 Å². The molecule has 0 fully saturated rings. The first kappa shape index (κ1) is 16.3. The number of fused-ring (bicyclic) bond motifs is 1. The second kappa shape index (κ2) is 6.53. The third kappa shape index (κ3) is 3.08. The molecule has 4 nitrogen and oxygen atoms in total. The van der Waals surface area contributed by atoms with Crippen molar-refractivity contribution in [2.24, 2.45) is 4.99 Å². The Balaban J connectivity index is 2.17. The molecule has 2 aromatic carbocycles. The molecule has 1 atom stereocenters. The van der Waals surface area contributed by atoms with Crippen molar-refractivity contribution in [3.63, 3.8) is 0 Å². The Hall–Kier alpha value is -2.53. The molecule has 3 rings (SSSR count). The fourth-order valence-electron chi connectivity index (χ4n) is 2.47. The van der Waals surface area contributed by atoms with E-state index < -0.39 is 0 Å². The van der Waals surface area contributed by atoms with Crippen molar-refractivity contribution in [1.29, 1.82) is 0 Å². The van der Waals surface area contributed by atoms with E-state index in [0.717, 1.165) is 15.8 Å². The van der Waals surface area contributed by atoms with Crippen LogP contribution < -0.4 is 4.80 Å². The van der Waals surface area contributed by atoms with Crippen LogP contribution in [0, 0.1) is 6.92 Å². The van der Waals surface area contributed by atoms with E-state index >= 15 is 0 Å². The van der Waals surface area contributed by atoms with Gasteiger partial charge >= 0.3 is 0 Å². The van der Waals surface area contributed by atoms with Gasteiger partial charge in [0.25, 0.3) is 5.91 Å². The Morgan fingerprint density at radius 3 is 2.42 bits per heavy atom. The van der Waals surface area contributed by atoms with E-state index in [4.69, 9.17) is 0 Å². The van der Waals surface area contributed by atoms with Crippen molar-refractivity contribution in [3.05, 3.63) is 64.5 Å². The minimum absolute atomic E-state index is 0.0304. The minimum Gasteiger partial charge on any atom is -0.306 e. The van der Waals surface area contributed by atoms with E-state index in [9.17, 15) is 9.59 Å². The fourth-order valence-corrected chi connectivity index (χ4v) is 3.57. The molecule has 122 valence electrons. The molecular weight excluding hydrogens is 320 g/mol. The lowest BCUT2D eigenvalue weighted by Gasteiger charge is -2.11. The topological polar surface area (TPSA) is 51.4 Å². The number of carbonyl (C=O) groups excluding carboxylic acids is 2. The first-order valence-corrected chi connectivity index (χ1v) is 8.55. The molecule has 0 saturated heterocycles. The second-order valence-electron chi connectivity index (χ2n) is 5.79. The lowest BCUT2D eigenvalue weighted by atomic mass is 10.1. The number of Topliss-reactive ketones (excluding diaryl/α,β-unsaturated/α-hetero) is 1. The van der Waals surface area contributed by atoms with Gasteiger partial charge < -0.3 is 4.57 Å². The summed E-state index contributed by atoms with van der Waals surface area (Å²) in [6.07, 6.45) is 0. The van der Waals surface area contributed by atoms with Crippen LogP contribution in [0.4, 0.5) is 0 Å². The summed E-state index contributed by atoms with van der Waals surface area (Å²) in [5.41, 5.74) is 2.55. The predicted molar refractivity (Wildman–Crippen MR) is 96.3 cm³/mol. The van der Waals surface area contributed by atoms with E-state index in [1.807, 2.05) is 54.8 Å². The Morgan fingerprint density at radius 1 is 1.08 bits per heavy atom. The summed E-state index contributed by atoms with van der Waals surface area (Å²) in [5, 5.41) is 0. The number of ketones is 1. The standard InChI is InChI=1S/C19H18N2O2S/c1-12-8-10-15(11-9-12)18(23)20-19-21(13(2)14(3)22)16-6-4-5-7-17(16)24-19/h4-11,13H,1-3H3. The number of amides is 1. The number of nitrogens with zero attached hydrogens (tertiary/aromatic N) is 2. The zero-order valence-electron chi connectivity index (χ0n) is 13.8. The lowest BCUT2D eigenvalue weighted by molar-refractivity contribution is -0.119.